The normalized spacial score (nSPS) is 16.9. The third-order valence-corrected chi connectivity index (χ3v) is 15.0. The maximum atomic E-state index is 2.53. The van der Waals surface area contributed by atoms with Crippen LogP contribution in [0.5, 0.6) is 0 Å². The van der Waals surface area contributed by atoms with Gasteiger partial charge in [-0.05, 0) is 115 Å². The summed E-state index contributed by atoms with van der Waals surface area (Å²) in [5.41, 5.74) is 22.4. The second kappa shape index (κ2) is 12.8. The molecule has 13 rings (SSSR count). The Morgan fingerprint density at radius 2 is 0.937 bits per heavy atom. The largest absolute Gasteiger partial charge is 0.310 e. The summed E-state index contributed by atoms with van der Waals surface area (Å²) in [5, 5.41) is 2.59. The number of benzene rings is 9. The number of fused-ring (bicyclic) bond motifs is 14. The lowest BCUT2D eigenvalue weighted by molar-refractivity contribution is 0.558. The molecule has 1 atom stereocenters. The summed E-state index contributed by atoms with van der Waals surface area (Å²) in [6, 6.07) is 77.6. The molecule has 63 heavy (non-hydrogen) atoms. The van der Waals surface area contributed by atoms with Crippen molar-refractivity contribution in [1.82, 2.24) is 4.57 Å². The lowest BCUT2D eigenvalue weighted by atomic mass is 9.52. The standard InChI is InChI=1S/C61H46N2/c1-59(2)48-24-10-8-20-44(48)45-37-36-42(38-54(45)59)62(40-18-6-5-7-19-40)41-34-32-39(33-35-41)43-22-16-28-52-57(43)60(3,4)49-25-11-12-26-50(49)61(52)51-27-13-15-31-56(51)63-55-30-14-9-21-46(55)47-23-17-29-53(61)58(47)63/h5-38H,1-4H3. The molecule has 1 spiro atoms. The first-order valence-corrected chi connectivity index (χ1v) is 22.4. The van der Waals surface area contributed by atoms with E-state index in [4.69, 9.17) is 0 Å². The van der Waals surface area contributed by atoms with Gasteiger partial charge in [-0.2, -0.15) is 0 Å². The highest BCUT2D eigenvalue weighted by atomic mass is 15.1. The first-order chi connectivity index (χ1) is 30.8. The van der Waals surface area contributed by atoms with E-state index in [9.17, 15) is 0 Å². The Hall–Kier alpha value is -7.42. The summed E-state index contributed by atoms with van der Waals surface area (Å²) in [4.78, 5) is 2.41. The quantitative estimate of drug-likeness (QED) is 0.172. The SMILES string of the molecule is CC1(C)c2ccccc2-c2ccc(N(c3ccccc3)c3ccc(-c4cccc5c4C(C)(C)c4ccccc4C54c5ccccc5-n5c6ccccc6c6cccc4c65)cc3)cc21. The maximum Gasteiger partial charge on any atom is 0.0748 e. The average molecular weight is 807 g/mol. The van der Waals surface area contributed by atoms with Gasteiger partial charge in [-0.1, -0.05) is 185 Å². The third-order valence-electron chi connectivity index (χ3n) is 15.0. The molecule has 0 radical (unpaired) electrons. The minimum Gasteiger partial charge on any atom is -0.310 e. The zero-order chi connectivity index (χ0) is 42.2. The summed E-state index contributed by atoms with van der Waals surface area (Å²) in [6.45, 7) is 9.60. The van der Waals surface area contributed by atoms with E-state index in [-0.39, 0.29) is 10.8 Å². The molecule has 0 bridgehead atoms. The molecule has 0 amide bonds. The molecule has 300 valence electrons. The van der Waals surface area contributed by atoms with E-state index in [1.165, 1.54) is 94.3 Å². The first kappa shape index (κ1) is 36.3. The summed E-state index contributed by atoms with van der Waals surface area (Å²) >= 11 is 0. The van der Waals surface area contributed by atoms with Crippen LogP contribution in [-0.2, 0) is 16.2 Å². The Bertz CT molecular complexity index is 3510. The van der Waals surface area contributed by atoms with Crippen molar-refractivity contribution in [3.8, 4) is 27.9 Å². The average Bonchev–Trinajstić information content (AvgIpc) is 3.78. The Morgan fingerprint density at radius 1 is 0.365 bits per heavy atom. The second-order valence-corrected chi connectivity index (χ2v) is 18.8. The first-order valence-electron chi connectivity index (χ1n) is 22.4. The molecule has 1 unspecified atom stereocenters. The van der Waals surface area contributed by atoms with E-state index in [1.54, 1.807) is 0 Å². The maximum absolute atomic E-state index is 2.53. The number of hydrogen-bond acceptors (Lipinski definition) is 1. The van der Waals surface area contributed by atoms with Crippen LogP contribution in [0.3, 0.4) is 0 Å². The smallest absolute Gasteiger partial charge is 0.0748 e. The van der Waals surface area contributed by atoms with E-state index in [2.05, 4.69) is 243 Å². The second-order valence-electron chi connectivity index (χ2n) is 18.8. The Kier molecular flexibility index (Phi) is 7.37. The van der Waals surface area contributed by atoms with Gasteiger partial charge in [-0.25, -0.2) is 0 Å². The third kappa shape index (κ3) is 4.68. The molecule has 9 aromatic carbocycles. The lowest BCUT2D eigenvalue weighted by Crippen LogP contribution is -2.44. The Labute approximate surface area is 369 Å². The molecule has 2 nitrogen and oxygen atoms in total. The number of rotatable bonds is 4. The van der Waals surface area contributed by atoms with E-state index in [0.29, 0.717) is 0 Å². The van der Waals surface area contributed by atoms with Gasteiger partial charge in [0.15, 0.2) is 0 Å². The molecule has 2 aliphatic carbocycles. The fraction of sp³-hybridized carbons (Fsp3) is 0.115. The van der Waals surface area contributed by atoms with Crippen LogP contribution < -0.4 is 4.90 Å². The Balaban J connectivity index is 1.02. The van der Waals surface area contributed by atoms with Crippen LogP contribution in [0, 0.1) is 0 Å². The van der Waals surface area contributed by atoms with Crippen molar-refractivity contribution in [1.29, 1.82) is 0 Å². The van der Waals surface area contributed by atoms with Crippen LogP contribution in [0.25, 0.3) is 49.7 Å². The molecular weight excluding hydrogens is 761 g/mol. The van der Waals surface area contributed by atoms with Crippen molar-refractivity contribution in [2.75, 3.05) is 4.90 Å². The molecule has 1 aromatic heterocycles. The summed E-state index contributed by atoms with van der Waals surface area (Å²) in [7, 11) is 0. The highest BCUT2D eigenvalue weighted by molar-refractivity contribution is 6.12. The van der Waals surface area contributed by atoms with Crippen molar-refractivity contribution in [3.63, 3.8) is 0 Å². The number of nitrogens with zero attached hydrogens (tertiary/aromatic N) is 2. The van der Waals surface area contributed by atoms with Crippen molar-refractivity contribution in [2.45, 2.75) is 43.9 Å². The molecule has 2 heterocycles. The molecule has 0 fully saturated rings. The minimum absolute atomic E-state index is 0.0930. The van der Waals surface area contributed by atoms with E-state index >= 15 is 0 Å². The molecule has 0 N–H and O–H groups in total. The fourth-order valence-corrected chi connectivity index (χ4v) is 12.3. The van der Waals surface area contributed by atoms with Gasteiger partial charge in [-0.15, -0.1) is 0 Å². The van der Waals surface area contributed by atoms with Crippen molar-refractivity contribution < 1.29 is 0 Å². The lowest BCUT2D eigenvalue weighted by Gasteiger charge is -2.50. The summed E-state index contributed by atoms with van der Waals surface area (Å²) in [5.74, 6) is 0. The van der Waals surface area contributed by atoms with Gasteiger partial charge in [0.1, 0.15) is 0 Å². The van der Waals surface area contributed by atoms with Crippen molar-refractivity contribution >= 4 is 38.9 Å². The van der Waals surface area contributed by atoms with Gasteiger partial charge in [-0.3, -0.25) is 0 Å². The van der Waals surface area contributed by atoms with Crippen molar-refractivity contribution in [2.24, 2.45) is 0 Å². The molecule has 10 aromatic rings. The number of aromatic nitrogens is 1. The van der Waals surface area contributed by atoms with Crippen LogP contribution in [0.15, 0.2) is 206 Å². The van der Waals surface area contributed by atoms with Crippen LogP contribution in [0.2, 0.25) is 0 Å². The highest BCUT2D eigenvalue weighted by Crippen LogP contribution is 2.62. The molecule has 2 heteroatoms. The van der Waals surface area contributed by atoms with Gasteiger partial charge in [0, 0.05) is 38.7 Å². The zero-order valence-corrected chi connectivity index (χ0v) is 36.0. The summed E-state index contributed by atoms with van der Waals surface area (Å²) in [6.07, 6.45) is 0. The van der Waals surface area contributed by atoms with Crippen LogP contribution in [0.1, 0.15) is 72.2 Å². The van der Waals surface area contributed by atoms with Gasteiger partial charge >= 0.3 is 0 Å². The van der Waals surface area contributed by atoms with E-state index < -0.39 is 5.41 Å². The van der Waals surface area contributed by atoms with E-state index in [0.717, 1.165) is 17.1 Å². The molecule has 1 aliphatic heterocycles. The summed E-state index contributed by atoms with van der Waals surface area (Å²) < 4.78 is 2.53. The number of hydrogen-bond donors (Lipinski definition) is 0. The van der Waals surface area contributed by atoms with Crippen molar-refractivity contribution in [3.05, 3.63) is 251 Å². The predicted molar refractivity (Wildman–Crippen MR) is 262 cm³/mol. The minimum atomic E-state index is -0.539. The van der Waals surface area contributed by atoms with Gasteiger partial charge in [0.25, 0.3) is 0 Å². The van der Waals surface area contributed by atoms with Gasteiger partial charge < -0.3 is 9.47 Å². The molecule has 3 aliphatic rings. The fourth-order valence-electron chi connectivity index (χ4n) is 12.3. The monoisotopic (exact) mass is 806 g/mol. The van der Waals surface area contributed by atoms with Crippen LogP contribution in [-0.4, -0.2) is 4.57 Å². The number of anilines is 3. The molecular formula is C61H46N2. The van der Waals surface area contributed by atoms with E-state index in [1.807, 2.05) is 0 Å². The number of para-hydroxylation sites is 4. The molecule has 0 saturated heterocycles. The van der Waals surface area contributed by atoms with Crippen LogP contribution in [0.4, 0.5) is 17.1 Å². The highest BCUT2D eigenvalue weighted by Gasteiger charge is 2.53. The van der Waals surface area contributed by atoms with Crippen LogP contribution >= 0.6 is 0 Å². The van der Waals surface area contributed by atoms with Gasteiger partial charge in [0.2, 0.25) is 0 Å². The predicted octanol–water partition coefficient (Wildman–Crippen LogP) is 15.6. The zero-order valence-electron chi connectivity index (χ0n) is 36.0. The molecule has 0 saturated carbocycles. The Morgan fingerprint density at radius 3 is 1.76 bits per heavy atom. The van der Waals surface area contributed by atoms with Gasteiger partial charge in [0.05, 0.1) is 22.1 Å². The topological polar surface area (TPSA) is 8.17 Å².